The van der Waals surface area contributed by atoms with Gasteiger partial charge in [0, 0.05) is 17.1 Å². The molecule has 2 heterocycles. The second-order valence-corrected chi connectivity index (χ2v) is 4.60. The SMILES string of the molecule is O=C(c1ccsc1)c1ccn(-c2ccccc2)n1. The van der Waals surface area contributed by atoms with Crippen LogP contribution in [0.2, 0.25) is 0 Å². The van der Waals surface area contributed by atoms with Gasteiger partial charge in [-0.05, 0) is 29.6 Å². The van der Waals surface area contributed by atoms with Crippen LogP contribution in [0, 0.1) is 0 Å². The summed E-state index contributed by atoms with van der Waals surface area (Å²) < 4.78 is 1.71. The van der Waals surface area contributed by atoms with Crippen molar-refractivity contribution < 1.29 is 4.79 Å². The van der Waals surface area contributed by atoms with Crippen molar-refractivity contribution in [1.29, 1.82) is 0 Å². The van der Waals surface area contributed by atoms with E-state index in [0.717, 1.165) is 5.69 Å². The van der Waals surface area contributed by atoms with Gasteiger partial charge in [0.05, 0.1) is 5.69 Å². The van der Waals surface area contributed by atoms with Crippen LogP contribution >= 0.6 is 11.3 Å². The quantitative estimate of drug-likeness (QED) is 0.673. The monoisotopic (exact) mass is 254 g/mol. The summed E-state index contributed by atoms with van der Waals surface area (Å²) >= 11 is 1.51. The molecule has 3 nitrogen and oxygen atoms in total. The molecule has 0 aliphatic rings. The maximum atomic E-state index is 12.1. The fraction of sp³-hybridized carbons (Fsp3) is 0. The molecule has 0 radical (unpaired) electrons. The second-order valence-electron chi connectivity index (χ2n) is 3.82. The van der Waals surface area contributed by atoms with Gasteiger partial charge in [-0.25, -0.2) is 4.68 Å². The van der Waals surface area contributed by atoms with Crippen LogP contribution in [0.1, 0.15) is 16.1 Å². The van der Waals surface area contributed by atoms with Crippen LogP contribution in [0.4, 0.5) is 0 Å². The lowest BCUT2D eigenvalue weighted by Gasteiger charge is -1.99. The number of aromatic nitrogens is 2. The molecule has 88 valence electrons. The molecule has 1 aromatic carbocycles. The van der Waals surface area contributed by atoms with E-state index in [1.54, 1.807) is 16.9 Å². The largest absolute Gasteiger partial charge is 0.287 e. The molecule has 3 aromatic rings. The van der Waals surface area contributed by atoms with Crippen molar-refractivity contribution >= 4 is 17.1 Å². The Labute approximate surface area is 108 Å². The number of carbonyl (C=O) groups is 1. The number of ketones is 1. The van der Waals surface area contributed by atoms with Crippen molar-refractivity contribution in [2.24, 2.45) is 0 Å². The summed E-state index contributed by atoms with van der Waals surface area (Å²) in [6.45, 7) is 0. The number of rotatable bonds is 3. The summed E-state index contributed by atoms with van der Waals surface area (Å²) in [6, 6.07) is 13.3. The summed E-state index contributed by atoms with van der Waals surface area (Å²) in [5.74, 6) is -0.0362. The Balaban J connectivity index is 1.93. The Kier molecular flexibility index (Phi) is 2.78. The molecule has 0 aliphatic heterocycles. The lowest BCUT2D eigenvalue weighted by molar-refractivity contribution is 0.103. The predicted molar refractivity (Wildman–Crippen MR) is 71.3 cm³/mol. The third-order valence-electron chi connectivity index (χ3n) is 2.63. The molecule has 3 rings (SSSR count). The van der Waals surface area contributed by atoms with Gasteiger partial charge in [0.25, 0.3) is 0 Å². The summed E-state index contributed by atoms with van der Waals surface area (Å²) in [5.41, 5.74) is 2.11. The molecule has 0 atom stereocenters. The van der Waals surface area contributed by atoms with Crippen molar-refractivity contribution in [2.45, 2.75) is 0 Å². The molecule has 0 fully saturated rings. The van der Waals surface area contributed by atoms with Crippen LogP contribution < -0.4 is 0 Å². The van der Waals surface area contributed by atoms with E-state index in [9.17, 15) is 4.79 Å². The Hall–Kier alpha value is -2.20. The Morgan fingerprint density at radius 2 is 1.94 bits per heavy atom. The van der Waals surface area contributed by atoms with Gasteiger partial charge in [-0.15, -0.1) is 0 Å². The summed E-state index contributed by atoms with van der Waals surface area (Å²) in [6.07, 6.45) is 1.80. The molecule has 0 aliphatic carbocycles. The van der Waals surface area contributed by atoms with Gasteiger partial charge in [0.1, 0.15) is 5.69 Å². The highest BCUT2D eigenvalue weighted by Gasteiger charge is 2.12. The average Bonchev–Trinajstić information content (AvgIpc) is 3.10. The van der Waals surface area contributed by atoms with Crippen molar-refractivity contribution in [2.75, 3.05) is 0 Å². The molecule has 18 heavy (non-hydrogen) atoms. The van der Waals surface area contributed by atoms with Gasteiger partial charge in [-0.3, -0.25) is 4.79 Å². The summed E-state index contributed by atoms with van der Waals surface area (Å²) in [4.78, 5) is 12.1. The summed E-state index contributed by atoms with van der Waals surface area (Å²) in [5, 5.41) is 8.04. The van der Waals surface area contributed by atoms with Crippen LogP contribution in [0.5, 0.6) is 0 Å². The third kappa shape index (κ3) is 1.98. The first-order valence-corrected chi connectivity index (χ1v) is 6.47. The van der Waals surface area contributed by atoms with Crippen LogP contribution in [0.25, 0.3) is 5.69 Å². The molecule has 0 unspecified atom stereocenters. The van der Waals surface area contributed by atoms with Crippen LogP contribution in [0.3, 0.4) is 0 Å². The first-order valence-electron chi connectivity index (χ1n) is 5.52. The van der Waals surface area contributed by atoms with Crippen molar-refractivity contribution in [1.82, 2.24) is 9.78 Å². The Bertz CT molecular complexity index is 656. The average molecular weight is 254 g/mol. The van der Waals surface area contributed by atoms with Gasteiger partial charge in [0.2, 0.25) is 5.78 Å². The highest BCUT2D eigenvalue weighted by molar-refractivity contribution is 7.08. The van der Waals surface area contributed by atoms with E-state index < -0.39 is 0 Å². The highest BCUT2D eigenvalue weighted by Crippen LogP contribution is 2.13. The molecule has 0 N–H and O–H groups in total. The first kappa shape index (κ1) is 10.9. The van der Waals surface area contributed by atoms with E-state index in [4.69, 9.17) is 0 Å². The predicted octanol–water partition coefficient (Wildman–Crippen LogP) is 3.16. The number of benzene rings is 1. The van der Waals surface area contributed by atoms with E-state index >= 15 is 0 Å². The van der Waals surface area contributed by atoms with Crippen LogP contribution in [-0.4, -0.2) is 15.6 Å². The smallest absolute Gasteiger partial charge is 0.214 e. The number of hydrogen-bond donors (Lipinski definition) is 0. The maximum absolute atomic E-state index is 12.1. The van der Waals surface area contributed by atoms with E-state index in [-0.39, 0.29) is 5.78 Å². The minimum atomic E-state index is -0.0362. The van der Waals surface area contributed by atoms with Crippen LogP contribution in [0.15, 0.2) is 59.4 Å². The molecular weight excluding hydrogens is 244 g/mol. The van der Waals surface area contributed by atoms with Gasteiger partial charge in [-0.1, -0.05) is 18.2 Å². The standard InChI is InChI=1S/C14H10N2OS/c17-14(11-7-9-18-10-11)13-6-8-16(15-13)12-4-2-1-3-5-12/h1-10H. The molecule has 0 spiro atoms. The summed E-state index contributed by atoms with van der Waals surface area (Å²) in [7, 11) is 0. The maximum Gasteiger partial charge on any atom is 0.214 e. The fourth-order valence-corrected chi connectivity index (χ4v) is 2.35. The normalized spacial score (nSPS) is 10.4. The van der Waals surface area contributed by atoms with E-state index in [0.29, 0.717) is 11.3 Å². The lowest BCUT2D eigenvalue weighted by atomic mass is 10.2. The van der Waals surface area contributed by atoms with Gasteiger partial charge in [-0.2, -0.15) is 16.4 Å². The minimum absolute atomic E-state index is 0.0362. The number of hydrogen-bond acceptors (Lipinski definition) is 3. The van der Waals surface area contributed by atoms with E-state index in [2.05, 4.69) is 5.10 Å². The highest BCUT2D eigenvalue weighted by atomic mass is 32.1. The molecule has 2 aromatic heterocycles. The zero-order chi connectivity index (χ0) is 12.4. The first-order chi connectivity index (χ1) is 8.84. The molecule has 4 heteroatoms. The minimum Gasteiger partial charge on any atom is -0.287 e. The number of nitrogens with zero attached hydrogens (tertiary/aromatic N) is 2. The van der Waals surface area contributed by atoms with Gasteiger partial charge in [0.15, 0.2) is 0 Å². The molecule has 0 bridgehead atoms. The molecule has 0 saturated heterocycles. The number of thiophene rings is 1. The zero-order valence-corrected chi connectivity index (χ0v) is 10.3. The van der Waals surface area contributed by atoms with Crippen molar-refractivity contribution in [3.63, 3.8) is 0 Å². The van der Waals surface area contributed by atoms with E-state index in [1.807, 2.05) is 47.2 Å². The number of carbonyl (C=O) groups excluding carboxylic acids is 1. The number of para-hydroxylation sites is 1. The Morgan fingerprint density at radius 3 is 2.67 bits per heavy atom. The molecule has 0 amide bonds. The van der Waals surface area contributed by atoms with Gasteiger partial charge >= 0.3 is 0 Å². The third-order valence-corrected chi connectivity index (χ3v) is 3.31. The lowest BCUT2D eigenvalue weighted by Crippen LogP contribution is -2.02. The zero-order valence-electron chi connectivity index (χ0n) is 9.48. The van der Waals surface area contributed by atoms with Crippen LogP contribution in [-0.2, 0) is 0 Å². The Morgan fingerprint density at radius 1 is 1.11 bits per heavy atom. The molecular formula is C14H10N2OS. The second kappa shape index (κ2) is 4.58. The van der Waals surface area contributed by atoms with Gasteiger partial charge < -0.3 is 0 Å². The molecule has 0 saturated carbocycles. The van der Waals surface area contributed by atoms with E-state index in [1.165, 1.54) is 11.3 Å². The topological polar surface area (TPSA) is 34.9 Å². The van der Waals surface area contributed by atoms with Crippen molar-refractivity contribution in [3.8, 4) is 5.69 Å². The van der Waals surface area contributed by atoms with Crippen molar-refractivity contribution in [3.05, 3.63) is 70.7 Å². The fourth-order valence-electron chi connectivity index (χ4n) is 1.71.